The van der Waals surface area contributed by atoms with E-state index in [4.69, 9.17) is 4.74 Å². The summed E-state index contributed by atoms with van der Waals surface area (Å²) < 4.78 is 4.96. The second-order valence-electron chi connectivity index (χ2n) is 5.53. The lowest BCUT2D eigenvalue weighted by atomic mass is 10.0. The molecule has 0 aliphatic heterocycles. The molecule has 0 saturated heterocycles. The highest BCUT2D eigenvalue weighted by Crippen LogP contribution is 2.15. The fraction of sp³-hybridized carbons (Fsp3) is 0.875. The number of hydrogen-bond donors (Lipinski definition) is 0. The molecule has 0 spiro atoms. The third kappa shape index (κ3) is 8.79. The summed E-state index contributed by atoms with van der Waals surface area (Å²) in [6.07, 6.45) is 8.18. The average molecular weight is 270 g/mol. The van der Waals surface area contributed by atoms with Crippen LogP contribution in [-0.2, 0) is 14.3 Å². The minimum absolute atomic E-state index is 0.168. The van der Waals surface area contributed by atoms with E-state index in [9.17, 15) is 9.59 Å². The molecule has 0 saturated carbocycles. The van der Waals surface area contributed by atoms with Gasteiger partial charge in [-0.2, -0.15) is 0 Å². The molecule has 0 bridgehead atoms. The van der Waals surface area contributed by atoms with Crippen molar-refractivity contribution in [2.75, 3.05) is 0 Å². The zero-order chi connectivity index (χ0) is 14.7. The molecule has 112 valence electrons. The van der Waals surface area contributed by atoms with Crippen LogP contribution >= 0.6 is 0 Å². The summed E-state index contributed by atoms with van der Waals surface area (Å²) in [7, 11) is 0. The first-order valence-corrected chi connectivity index (χ1v) is 7.78. The Kier molecular flexibility index (Phi) is 10.5. The number of rotatable bonds is 10. The van der Waals surface area contributed by atoms with Crippen LogP contribution < -0.4 is 0 Å². The van der Waals surface area contributed by atoms with Crippen molar-refractivity contribution in [1.82, 2.24) is 0 Å². The smallest absolute Gasteiger partial charge is 0.316 e. The van der Waals surface area contributed by atoms with E-state index >= 15 is 0 Å². The highest BCUT2D eigenvalue weighted by atomic mass is 16.6. The zero-order valence-electron chi connectivity index (χ0n) is 13.0. The van der Waals surface area contributed by atoms with E-state index in [2.05, 4.69) is 13.8 Å². The zero-order valence-corrected chi connectivity index (χ0v) is 13.0. The van der Waals surface area contributed by atoms with Crippen LogP contribution in [0.5, 0.6) is 0 Å². The van der Waals surface area contributed by atoms with Gasteiger partial charge in [0, 0.05) is 0 Å². The van der Waals surface area contributed by atoms with Crippen molar-refractivity contribution in [3.05, 3.63) is 0 Å². The van der Waals surface area contributed by atoms with E-state index in [1.165, 1.54) is 0 Å². The second-order valence-corrected chi connectivity index (χ2v) is 5.53. The van der Waals surface area contributed by atoms with Gasteiger partial charge in [0.2, 0.25) is 0 Å². The van der Waals surface area contributed by atoms with E-state index in [1.54, 1.807) is 0 Å². The van der Waals surface area contributed by atoms with Crippen LogP contribution in [0, 0.1) is 11.8 Å². The number of esters is 2. The summed E-state index contributed by atoms with van der Waals surface area (Å²) in [5.74, 6) is -1.05. The fourth-order valence-electron chi connectivity index (χ4n) is 1.94. The Morgan fingerprint density at radius 2 is 1.16 bits per heavy atom. The SMILES string of the molecule is CCCCC[C@@H](C)C(=O)OC(=O)[C@@H](C)CCCCC. The minimum atomic E-state index is -0.358. The number of carbonyl (C=O) groups is 2. The van der Waals surface area contributed by atoms with Crippen molar-refractivity contribution < 1.29 is 14.3 Å². The lowest BCUT2D eigenvalue weighted by Gasteiger charge is -2.13. The molecule has 0 unspecified atom stereocenters. The predicted octanol–water partition coefficient (Wildman–Crippen LogP) is 4.49. The number of unbranched alkanes of at least 4 members (excludes halogenated alkanes) is 4. The molecule has 3 heteroatoms. The van der Waals surface area contributed by atoms with Crippen molar-refractivity contribution in [3.8, 4) is 0 Å². The second kappa shape index (κ2) is 11.0. The number of ether oxygens (including phenoxy) is 1. The Hall–Kier alpha value is -0.860. The van der Waals surface area contributed by atoms with Gasteiger partial charge in [-0.25, -0.2) is 0 Å². The molecule has 0 aliphatic carbocycles. The highest BCUT2D eigenvalue weighted by Gasteiger charge is 2.21. The van der Waals surface area contributed by atoms with Crippen LogP contribution in [0.1, 0.15) is 79.1 Å². The first kappa shape index (κ1) is 18.1. The summed E-state index contributed by atoms with van der Waals surface area (Å²) >= 11 is 0. The third-order valence-corrected chi connectivity index (χ3v) is 3.49. The Balaban J connectivity index is 3.92. The van der Waals surface area contributed by atoms with Crippen molar-refractivity contribution in [3.63, 3.8) is 0 Å². The molecule has 0 aromatic rings. The summed E-state index contributed by atoms with van der Waals surface area (Å²) in [5.41, 5.74) is 0. The maximum atomic E-state index is 11.7. The molecule has 0 rings (SSSR count). The van der Waals surface area contributed by atoms with Gasteiger partial charge in [0.05, 0.1) is 11.8 Å². The molecule has 19 heavy (non-hydrogen) atoms. The van der Waals surface area contributed by atoms with Crippen LogP contribution in [0.3, 0.4) is 0 Å². The Morgan fingerprint density at radius 1 is 0.789 bits per heavy atom. The van der Waals surface area contributed by atoms with E-state index in [0.717, 1.165) is 51.4 Å². The molecule has 0 fully saturated rings. The first-order chi connectivity index (χ1) is 9.02. The van der Waals surface area contributed by atoms with Gasteiger partial charge in [-0.3, -0.25) is 9.59 Å². The monoisotopic (exact) mass is 270 g/mol. The van der Waals surface area contributed by atoms with E-state index in [1.807, 2.05) is 13.8 Å². The van der Waals surface area contributed by atoms with E-state index in [0.29, 0.717) is 0 Å². The quantitative estimate of drug-likeness (QED) is 0.334. The van der Waals surface area contributed by atoms with Gasteiger partial charge in [-0.05, 0) is 12.8 Å². The van der Waals surface area contributed by atoms with Crippen molar-refractivity contribution in [2.45, 2.75) is 79.1 Å². The fourth-order valence-corrected chi connectivity index (χ4v) is 1.94. The third-order valence-electron chi connectivity index (χ3n) is 3.49. The number of carbonyl (C=O) groups excluding carboxylic acids is 2. The van der Waals surface area contributed by atoms with Crippen LogP contribution in [0.2, 0.25) is 0 Å². The molecular weight excluding hydrogens is 240 g/mol. The molecule has 0 aromatic heterocycles. The molecule has 2 atom stereocenters. The highest BCUT2D eigenvalue weighted by molar-refractivity contribution is 5.87. The Bertz CT molecular complexity index is 235. The summed E-state index contributed by atoms with van der Waals surface area (Å²) in [5, 5.41) is 0. The molecule has 0 heterocycles. The first-order valence-electron chi connectivity index (χ1n) is 7.78. The van der Waals surface area contributed by atoms with Crippen LogP contribution in [0.4, 0.5) is 0 Å². The Labute approximate surface area is 118 Å². The topological polar surface area (TPSA) is 43.4 Å². The predicted molar refractivity (Wildman–Crippen MR) is 77.7 cm³/mol. The molecule has 0 amide bonds. The van der Waals surface area contributed by atoms with Gasteiger partial charge >= 0.3 is 11.9 Å². The molecular formula is C16H30O3. The van der Waals surface area contributed by atoms with Crippen molar-refractivity contribution in [2.24, 2.45) is 11.8 Å². The molecule has 0 N–H and O–H groups in total. The van der Waals surface area contributed by atoms with Crippen molar-refractivity contribution >= 4 is 11.9 Å². The molecule has 0 aromatic carbocycles. The molecule has 0 radical (unpaired) electrons. The van der Waals surface area contributed by atoms with Crippen LogP contribution in [-0.4, -0.2) is 11.9 Å². The molecule has 3 nitrogen and oxygen atoms in total. The summed E-state index contributed by atoms with van der Waals surface area (Å²) in [4.78, 5) is 23.5. The maximum Gasteiger partial charge on any atom is 0.316 e. The Morgan fingerprint density at radius 3 is 1.47 bits per heavy atom. The van der Waals surface area contributed by atoms with Gasteiger partial charge in [0.15, 0.2) is 0 Å². The maximum absolute atomic E-state index is 11.7. The van der Waals surface area contributed by atoms with Crippen LogP contribution in [0.15, 0.2) is 0 Å². The molecule has 0 aliphatic rings. The van der Waals surface area contributed by atoms with Gasteiger partial charge < -0.3 is 4.74 Å². The van der Waals surface area contributed by atoms with E-state index in [-0.39, 0.29) is 23.8 Å². The summed E-state index contributed by atoms with van der Waals surface area (Å²) in [6, 6.07) is 0. The standard InChI is InChI=1S/C16H30O3/c1-5-7-9-11-13(3)15(17)19-16(18)14(4)12-10-8-6-2/h13-14H,5-12H2,1-4H3/t13-,14+. The van der Waals surface area contributed by atoms with Gasteiger partial charge in [-0.1, -0.05) is 66.2 Å². The van der Waals surface area contributed by atoms with Gasteiger partial charge in [0.1, 0.15) is 0 Å². The summed E-state index contributed by atoms with van der Waals surface area (Å²) in [6.45, 7) is 7.94. The van der Waals surface area contributed by atoms with Crippen molar-refractivity contribution in [1.29, 1.82) is 0 Å². The normalized spacial score (nSPS) is 13.9. The average Bonchev–Trinajstić information content (AvgIpc) is 2.38. The van der Waals surface area contributed by atoms with Crippen LogP contribution in [0.25, 0.3) is 0 Å². The van der Waals surface area contributed by atoms with Gasteiger partial charge in [0.25, 0.3) is 0 Å². The largest absolute Gasteiger partial charge is 0.393 e. The lowest BCUT2D eigenvalue weighted by molar-refractivity contribution is -0.165. The minimum Gasteiger partial charge on any atom is -0.393 e. The lowest BCUT2D eigenvalue weighted by Crippen LogP contribution is -2.23. The number of hydrogen-bond acceptors (Lipinski definition) is 3. The van der Waals surface area contributed by atoms with E-state index < -0.39 is 0 Å². The van der Waals surface area contributed by atoms with Gasteiger partial charge in [-0.15, -0.1) is 0 Å².